The molecular formula is C16H19N3O3. The minimum atomic E-state index is -0.387. The molecular weight excluding hydrogens is 282 g/mol. The number of benzene rings is 1. The summed E-state index contributed by atoms with van der Waals surface area (Å²) in [6.45, 7) is 3.68. The number of carbonyl (C=O) groups excluding carboxylic acids is 1. The van der Waals surface area contributed by atoms with Crippen molar-refractivity contribution in [1.82, 2.24) is 14.5 Å². The quantitative estimate of drug-likeness (QED) is 0.865. The summed E-state index contributed by atoms with van der Waals surface area (Å²) in [5.41, 5.74) is 2.86. The monoisotopic (exact) mass is 301 g/mol. The van der Waals surface area contributed by atoms with E-state index in [4.69, 9.17) is 4.74 Å². The van der Waals surface area contributed by atoms with Crippen molar-refractivity contribution in [2.75, 3.05) is 20.2 Å². The van der Waals surface area contributed by atoms with Gasteiger partial charge in [0.2, 0.25) is 0 Å². The van der Waals surface area contributed by atoms with Gasteiger partial charge < -0.3 is 10.1 Å². The fourth-order valence-corrected chi connectivity index (χ4v) is 3.01. The van der Waals surface area contributed by atoms with Gasteiger partial charge in [-0.15, -0.1) is 0 Å². The summed E-state index contributed by atoms with van der Waals surface area (Å²) in [5, 5.41) is 3.16. The van der Waals surface area contributed by atoms with Crippen molar-refractivity contribution in [2.24, 2.45) is 0 Å². The second-order valence-electron chi connectivity index (χ2n) is 5.19. The number of ether oxygens (including phenoxy) is 1. The van der Waals surface area contributed by atoms with Crippen LogP contribution in [0.2, 0.25) is 0 Å². The van der Waals surface area contributed by atoms with Crippen LogP contribution >= 0.6 is 0 Å². The van der Waals surface area contributed by atoms with E-state index >= 15 is 0 Å². The summed E-state index contributed by atoms with van der Waals surface area (Å²) in [5.74, 6) is -0.387. The molecule has 1 aromatic heterocycles. The second-order valence-corrected chi connectivity index (χ2v) is 5.19. The van der Waals surface area contributed by atoms with Gasteiger partial charge in [0.1, 0.15) is 0 Å². The molecule has 2 heterocycles. The lowest BCUT2D eigenvalue weighted by Gasteiger charge is -2.20. The first-order chi connectivity index (χ1) is 10.7. The van der Waals surface area contributed by atoms with E-state index in [2.05, 4.69) is 5.32 Å². The summed E-state index contributed by atoms with van der Waals surface area (Å²) in [6, 6.07) is 7.65. The molecule has 22 heavy (non-hydrogen) atoms. The normalized spacial score (nSPS) is 15.4. The van der Waals surface area contributed by atoms with Crippen molar-refractivity contribution < 1.29 is 9.53 Å². The van der Waals surface area contributed by atoms with Gasteiger partial charge in [0.25, 0.3) is 0 Å². The molecule has 3 rings (SSSR count). The summed E-state index contributed by atoms with van der Waals surface area (Å²) < 4.78 is 8.25. The molecule has 1 N–H and O–H groups in total. The predicted octanol–water partition coefficient (Wildman–Crippen LogP) is 1.20. The van der Waals surface area contributed by atoms with E-state index in [9.17, 15) is 9.59 Å². The van der Waals surface area contributed by atoms with Gasteiger partial charge in [-0.1, -0.05) is 12.1 Å². The third kappa shape index (κ3) is 2.16. The Morgan fingerprint density at radius 2 is 2.05 bits per heavy atom. The molecule has 6 heteroatoms. The van der Waals surface area contributed by atoms with Crippen LogP contribution in [0.15, 0.2) is 34.6 Å². The van der Waals surface area contributed by atoms with E-state index in [1.807, 2.05) is 31.2 Å². The van der Waals surface area contributed by atoms with E-state index in [0.29, 0.717) is 25.1 Å². The van der Waals surface area contributed by atoms with Crippen LogP contribution in [-0.4, -0.2) is 35.3 Å². The molecule has 0 saturated carbocycles. The van der Waals surface area contributed by atoms with E-state index in [-0.39, 0.29) is 11.7 Å². The average Bonchev–Trinajstić information content (AvgIpc) is 2.85. The zero-order chi connectivity index (χ0) is 15.7. The average molecular weight is 301 g/mol. The topological polar surface area (TPSA) is 65.3 Å². The zero-order valence-corrected chi connectivity index (χ0v) is 12.8. The summed E-state index contributed by atoms with van der Waals surface area (Å²) >= 11 is 0. The van der Waals surface area contributed by atoms with Crippen LogP contribution in [0.25, 0.3) is 16.7 Å². The minimum Gasteiger partial charge on any atom is -0.466 e. The van der Waals surface area contributed by atoms with Crippen molar-refractivity contribution in [2.45, 2.75) is 19.9 Å². The molecule has 0 unspecified atom stereocenters. The highest BCUT2D eigenvalue weighted by atomic mass is 16.5. The number of esters is 1. The van der Waals surface area contributed by atoms with Gasteiger partial charge >= 0.3 is 11.7 Å². The molecule has 0 fully saturated rings. The number of fused-ring (bicyclic) bond motifs is 1. The molecule has 6 nitrogen and oxygen atoms in total. The molecule has 0 saturated heterocycles. The Morgan fingerprint density at radius 3 is 2.73 bits per heavy atom. The van der Waals surface area contributed by atoms with Crippen LogP contribution < -0.4 is 11.0 Å². The lowest BCUT2D eigenvalue weighted by molar-refractivity contribution is -0.136. The smallest absolute Gasteiger partial charge is 0.336 e. The molecule has 1 aromatic carbocycles. The first-order valence-corrected chi connectivity index (χ1v) is 7.40. The van der Waals surface area contributed by atoms with Crippen molar-refractivity contribution >= 4 is 22.7 Å². The SMILES string of the molecule is CCn1c(=O)n(C2=C(C(=O)OC)CNCC2)c2ccccc21. The van der Waals surface area contributed by atoms with Crippen LogP contribution in [0, 0.1) is 0 Å². The van der Waals surface area contributed by atoms with Gasteiger partial charge in [-0.25, -0.2) is 9.59 Å². The van der Waals surface area contributed by atoms with Gasteiger partial charge in [-0.05, 0) is 19.1 Å². The number of para-hydroxylation sites is 2. The second kappa shape index (κ2) is 5.81. The Bertz CT molecular complexity index is 814. The molecule has 2 aromatic rings. The molecule has 0 bridgehead atoms. The maximum atomic E-state index is 12.8. The van der Waals surface area contributed by atoms with E-state index in [0.717, 1.165) is 23.3 Å². The zero-order valence-electron chi connectivity index (χ0n) is 12.8. The fourth-order valence-electron chi connectivity index (χ4n) is 3.01. The van der Waals surface area contributed by atoms with Crippen LogP contribution in [0.5, 0.6) is 0 Å². The first kappa shape index (κ1) is 14.6. The highest BCUT2D eigenvalue weighted by Gasteiger charge is 2.24. The number of carbonyl (C=O) groups is 1. The number of nitrogens with zero attached hydrogens (tertiary/aromatic N) is 2. The molecule has 0 radical (unpaired) electrons. The number of aromatic nitrogens is 2. The molecule has 1 aliphatic heterocycles. The van der Waals surface area contributed by atoms with Crippen molar-refractivity contribution in [3.05, 3.63) is 40.3 Å². The summed E-state index contributed by atoms with van der Waals surface area (Å²) in [4.78, 5) is 24.8. The van der Waals surface area contributed by atoms with Gasteiger partial charge in [0.05, 0.1) is 23.7 Å². The van der Waals surface area contributed by atoms with Crippen molar-refractivity contribution in [3.63, 3.8) is 0 Å². The lowest BCUT2D eigenvalue weighted by atomic mass is 10.1. The summed E-state index contributed by atoms with van der Waals surface area (Å²) in [7, 11) is 1.36. The molecule has 1 aliphatic rings. The molecule has 0 amide bonds. The van der Waals surface area contributed by atoms with E-state index < -0.39 is 0 Å². The van der Waals surface area contributed by atoms with Crippen LogP contribution in [0.1, 0.15) is 13.3 Å². The Balaban J connectivity index is 2.33. The number of methoxy groups -OCH3 is 1. The molecule has 0 aliphatic carbocycles. The van der Waals surface area contributed by atoms with Crippen LogP contribution in [0.3, 0.4) is 0 Å². The lowest BCUT2D eigenvalue weighted by Crippen LogP contribution is -2.33. The highest BCUT2D eigenvalue weighted by Crippen LogP contribution is 2.23. The molecule has 0 spiro atoms. The largest absolute Gasteiger partial charge is 0.466 e. The molecule has 116 valence electrons. The Labute approximate surface area is 128 Å². The van der Waals surface area contributed by atoms with E-state index in [1.165, 1.54) is 7.11 Å². The third-order valence-electron chi connectivity index (χ3n) is 4.04. The minimum absolute atomic E-state index is 0.109. The third-order valence-corrected chi connectivity index (χ3v) is 4.04. The van der Waals surface area contributed by atoms with E-state index in [1.54, 1.807) is 9.13 Å². The Morgan fingerprint density at radius 1 is 1.32 bits per heavy atom. The van der Waals surface area contributed by atoms with Crippen LogP contribution in [0.4, 0.5) is 0 Å². The fraction of sp³-hybridized carbons (Fsp3) is 0.375. The number of rotatable bonds is 3. The van der Waals surface area contributed by atoms with Gasteiger partial charge in [-0.3, -0.25) is 9.13 Å². The molecule has 0 atom stereocenters. The number of hydrogen-bond acceptors (Lipinski definition) is 4. The number of nitrogens with one attached hydrogen (secondary N) is 1. The number of imidazole rings is 1. The van der Waals surface area contributed by atoms with Crippen LogP contribution in [-0.2, 0) is 16.1 Å². The van der Waals surface area contributed by atoms with Crippen molar-refractivity contribution in [3.8, 4) is 0 Å². The van der Waals surface area contributed by atoms with Gasteiger partial charge in [0, 0.05) is 31.8 Å². The highest BCUT2D eigenvalue weighted by molar-refractivity contribution is 5.96. The number of aryl methyl sites for hydroxylation is 1. The first-order valence-electron chi connectivity index (χ1n) is 7.40. The van der Waals surface area contributed by atoms with Gasteiger partial charge in [0.15, 0.2) is 0 Å². The van der Waals surface area contributed by atoms with Gasteiger partial charge in [-0.2, -0.15) is 0 Å². The van der Waals surface area contributed by atoms with Crippen molar-refractivity contribution in [1.29, 1.82) is 0 Å². The Kier molecular flexibility index (Phi) is 3.85. The summed E-state index contributed by atoms with van der Waals surface area (Å²) in [6.07, 6.45) is 0.613. The maximum Gasteiger partial charge on any atom is 0.336 e. The maximum absolute atomic E-state index is 12.8. The standard InChI is InChI=1S/C16H19N3O3/c1-3-18-13-6-4-5-7-14(13)19(16(18)21)12-8-9-17-10-11(12)15(20)22-2/h4-7,17H,3,8-10H2,1-2H3. The predicted molar refractivity (Wildman–Crippen MR) is 84.6 cm³/mol. The number of hydrogen-bond donors (Lipinski definition) is 1. The Hall–Kier alpha value is -2.34.